The maximum absolute atomic E-state index is 12.6. The van der Waals surface area contributed by atoms with Crippen LogP contribution in [-0.4, -0.2) is 36.2 Å². The van der Waals surface area contributed by atoms with Crippen molar-refractivity contribution in [2.45, 2.75) is 18.8 Å². The second-order valence-electron chi connectivity index (χ2n) is 9.03. The summed E-state index contributed by atoms with van der Waals surface area (Å²) in [6.45, 7) is 0.598. The predicted octanol–water partition coefficient (Wildman–Crippen LogP) is 4.43. The van der Waals surface area contributed by atoms with Crippen molar-refractivity contribution < 1.29 is 24.2 Å². The number of carboxylic acids is 1. The number of benzene rings is 3. The van der Waals surface area contributed by atoms with Gasteiger partial charge in [-0.2, -0.15) is 0 Å². The van der Waals surface area contributed by atoms with E-state index in [2.05, 4.69) is 34.9 Å². The molecule has 7 heteroatoms. The van der Waals surface area contributed by atoms with Gasteiger partial charge in [-0.25, -0.2) is 4.79 Å². The van der Waals surface area contributed by atoms with Crippen molar-refractivity contribution in [2.75, 3.05) is 18.5 Å². The zero-order valence-electron chi connectivity index (χ0n) is 19.1. The normalized spacial score (nSPS) is 17.7. The number of nitrogens with one attached hydrogen (secondary N) is 2. The van der Waals surface area contributed by atoms with Crippen molar-refractivity contribution in [3.63, 3.8) is 0 Å². The molecule has 0 spiro atoms. The van der Waals surface area contributed by atoms with Gasteiger partial charge in [0.2, 0.25) is 5.91 Å². The summed E-state index contributed by atoms with van der Waals surface area (Å²) < 4.78 is 5.56. The third-order valence-corrected chi connectivity index (χ3v) is 6.73. The van der Waals surface area contributed by atoms with Gasteiger partial charge in [0.25, 0.3) is 0 Å². The highest BCUT2D eigenvalue weighted by atomic mass is 16.5. The smallest absolute Gasteiger partial charge is 0.407 e. The maximum Gasteiger partial charge on any atom is 0.407 e. The summed E-state index contributed by atoms with van der Waals surface area (Å²) in [4.78, 5) is 36.0. The first kappa shape index (κ1) is 22.7. The molecule has 3 aromatic rings. The Morgan fingerprint density at radius 2 is 1.51 bits per heavy atom. The molecule has 3 aromatic carbocycles. The van der Waals surface area contributed by atoms with E-state index in [4.69, 9.17) is 9.84 Å². The number of hydrogen-bond donors (Lipinski definition) is 3. The first-order valence-corrected chi connectivity index (χ1v) is 11.7. The molecular weight excluding hydrogens is 444 g/mol. The molecule has 5 rings (SSSR count). The van der Waals surface area contributed by atoms with Crippen LogP contribution in [0.15, 0.2) is 72.8 Å². The molecule has 0 aromatic heterocycles. The molecule has 2 aliphatic carbocycles. The molecule has 0 bridgehead atoms. The largest absolute Gasteiger partial charge is 0.481 e. The zero-order chi connectivity index (χ0) is 24.4. The number of alkyl carbamates (subject to hydrolysis) is 1. The fraction of sp³-hybridized carbons (Fsp3) is 0.250. The minimum Gasteiger partial charge on any atom is -0.481 e. The van der Waals surface area contributed by atoms with E-state index >= 15 is 0 Å². The van der Waals surface area contributed by atoms with E-state index in [1.54, 1.807) is 24.3 Å². The Morgan fingerprint density at radius 3 is 2.20 bits per heavy atom. The van der Waals surface area contributed by atoms with Crippen molar-refractivity contribution in [1.82, 2.24) is 5.32 Å². The zero-order valence-corrected chi connectivity index (χ0v) is 19.1. The third-order valence-electron chi connectivity index (χ3n) is 6.73. The monoisotopic (exact) mass is 470 g/mol. The lowest BCUT2D eigenvalue weighted by Crippen LogP contribution is -2.29. The van der Waals surface area contributed by atoms with Crippen LogP contribution < -0.4 is 10.6 Å². The topological polar surface area (TPSA) is 105 Å². The number of carbonyl (C=O) groups excluding carboxylic acids is 2. The molecule has 0 aliphatic heterocycles. The second-order valence-corrected chi connectivity index (χ2v) is 9.03. The number of rotatable bonds is 8. The molecule has 178 valence electrons. The van der Waals surface area contributed by atoms with E-state index in [0.29, 0.717) is 24.2 Å². The van der Waals surface area contributed by atoms with Gasteiger partial charge in [-0.15, -0.1) is 0 Å². The Kier molecular flexibility index (Phi) is 6.23. The third kappa shape index (κ3) is 4.89. The first-order valence-electron chi connectivity index (χ1n) is 11.7. The fourth-order valence-electron chi connectivity index (χ4n) is 4.84. The van der Waals surface area contributed by atoms with E-state index in [1.807, 2.05) is 24.3 Å². The quantitative estimate of drug-likeness (QED) is 0.452. The van der Waals surface area contributed by atoms with E-state index in [9.17, 15) is 14.4 Å². The standard InChI is InChI=1S/C28H26N2O5/c31-26(32)14-17-7-1-6-12-25(17)30-27(33)23-13-18(23)15-29-28(34)35-16-24-21-10-4-2-8-19(21)20-9-3-5-11-22(20)24/h1-12,18,23-24H,13-16H2,(H,29,34)(H,30,33)(H,31,32)/t18-,23-/m0/s1. The van der Waals surface area contributed by atoms with Gasteiger partial charge in [0.1, 0.15) is 6.61 Å². The highest BCUT2D eigenvalue weighted by molar-refractivity contribution is 5.95. The molecule has 2 aliphatic rings. The molecule has 7 nitrogen and oxygen atoms in total. The molecule has 35 heavy (non-hydrogen) atoms. The van der Waals surface area contributed by atoms with Crippen LogP contribution in [0.2, 0.25) is 0 Å². The minimum absolute atomic E-state index is 0.00141. The number of aliphatic carboxylic acids is 1. The molecule has 2 amide bonds. The summed E-state index contributed by atoms with van der Waals surface area (Å²) in [6.07, 6.45) is 0.00881. The number of hydrogen-bond acceptors (Lipinski definition) is 4. The fourth-order valence-corrected chi connectivity index (χ4v) is 4.84. The van der Waals surface area contributed by atoms with Gasteiger partial charge in [0.05, 0.1) is 6.42 Å². The number of ether oxygens (including phenoxy) is 1. The van der Waals surface area contributed by atoms with Crippen LogP contribution in [0, 0.1) is 11.8 Å². The second kappa shape index (κ2) is 9.62. The Hall–Kier alpha value is -4.13. The van der Waals surface area contributed by atoms with Gasteiger partial charge < -0.3 is 20.5 Å². The predicted molar refractivity (Wildman–Crippen MR) is 131 cm³/mol. The number of fused-ring (bicyclic) bond motifs is 3. The Bertz CT molecular complexity index is 1240. The summed E-state index contributed by atoms with van der Waals surface area (Å²) in [7, 11) is 0. The number of para-hydroxylation sites is 1. The van der Waals surface area contributed by atoms with E-state index in [-0.39, 0.29) is 36.7 Å². The molecule has 0 radical (unpaired) electrons. The van der Waals surface area contributed by atoms with Gasteiger partial charge in [-0.3, -0.25) is 9.59 Å². The Morgan fingerprint density at radius 1 is 0.886 bits per heavy atom. The Balaban J connectivity index is 1.11. The molecule has 1 saturated carbocycles. The summed E-state index contributed by atoms with van der Waals surface area (Å²) >= 11 is 0. The van der Waals surface area contributed by atoms with E-state index < -0.39 is 12.1 Å². The van der Waals surface area contributed by atoms with Crippen LogP contribution in [0.4, 0.5) is 10.5 Å². The Labute approximate surface area is 203 Å². The first-order chi connectivity index (χ1) is 17.0. The molecule has 0 unspecified atom stereocenters. The van der Waals surface area contributed by atoms with E-state index in [0.717, 1.165) is 11.1 Å². The SMILES string of the molecule is O=C(O)Cc1ccccc1NC(=O)[C@H]1C[C@H]1CNC(=O)OCC1c2ccccc2-c2ccccc21. The number of anilines is 1. The van der Waals surface area contributed by atoms with Crippen LogP contribution in [0.3, 0.4) is 0 Å². The van der Waals surface area contributed by atoms with Gasteiger partial charge >= 0.3 is 12.1 Å². The molecule has 0 heterocycles. The molecule has 3 N–H and O–H groups in total. The van der Waals surface area contributed by atoms with Crippen LogP contribution in [0.1, 0.15) is 29.0 Å². The number of carboxylic acid groups (broad SMARTS) is 1. The van der Waals surface area contributed by atoms with Crippen molar-refractivity contribution in [3.8, 4) is 11.1 Å². The van der Waals surface area contributed by atoms with Gasteiger partial charge in [-0.05, 0) is 46.2 Å². The summed E-state index contributed by atoms with van der Waals surface area (Å²) in [6, 6.07) is 23.2. The average molecular weight is 471 g/mol. The number of carbonyl (C=O) groups is 3. The van der Waals surface area contributed by atoms with E-state index in [1.165, 1.54) is 11.1 Å². The van der Waals surface area contributed by atoms with Crippen molar-refractivity contribution in [3.05, 3.63) is 89.5 Å². The summed E-state index contributed by atoms with van der Waals surface area (Å²) in [5.74, 6) is -1.31. The van der Waals surface area contributed by atoms with Gasteiger partial charge in [0.15, 0.2) is 0 Å². The highest BCUT2D eigenvalue weighted by Gasteiger charge is 2.43. The van der Waals surface area contributed by atoms with Crippen LogP contribution in [-0.2, 0) is 20.7 Å². The molecular formula is C28H26N2O5. The van der Waals surface area contributed by atoms with Crippen molar-refractivity contribution >= 4 is 23.7 Å². The molecule has 2 atom stereocenters. The number of amides is 2. The lowest BCUT2D eigenvalue weighted by molar-refractivity contribution is -0.136. The van der Waals surface area contributed by atoms with Crippen LogP contribution in [0.25, 0.3) is 11.1 Å². The van der Waals surface area contributed by atoms with Crippen LogP contribution >= 0.6 is 0 Å². The highest BCUT2D eigenvalue weighted by Crippen LogP contribution is 2.44. The van der Waals surface area contributed by atoms with Crippen molar-refractivity contribution in [2.24, 2.45) is 11.8 Å². The van der Waals surface area contributed by atoms with Gasteiger partial charge in [0, 0.05) is 24.1 Å². The van der Waals surface area contributed by atoms with Crippen molar-refractivity contribution in [1.29, 1.82) is 0 Å². The van der Waals surface area contributed by atoms with Crippen LogP contribution in [0.5, 0.6) is 0 Å². The minimum atomic E-state index is -0.955. The lowest BCUT2D eigenvalue weighted by atomic mass is 9.98. The van der Waals surface area contributed by atoms with Gasteiger partial charge in [-0.1, -0.05) is 66.7 Å². The summed E-state index contributed by atoms with van der Waals surface area (Å²) in [5, 5.41) is 14.7. The maximum atomic E-state index is 12.6. The summed E-state index contributed by atoms with van der Waals surface area (Å²) in [5.41, 5.74) is 5.73. The lowest BCUT2D eigenvalue weighted by Gasteiger charge is -2.14. The molecule has 1 fully saturated rings. The molecule has 0 saturated heterocycles. The average Bonchev–Trinajstić information content (AvgIpc) is 3.57.